The number of carboxylic acid groups (broad SMARTS) is 1. The minimum Gasteiger partial charge on any atom is -0.490 e. The summed E-state index contributed by atoms with van der Waals surface area (Å²) in [6, 6.07) is 4.50. The Morgan fingerprint density at radius 3 is 2.65 bits per heavy atom. The maximum absolute atomic E-state index is 13.6. The first-order valence-electron chi connectivity index (χ1n) is 7.31. The topological polar surface area (TPSA) is 46.5 Å². The molecule has 0 saturated heterocycles. The van der Waals surface area contributed by atoms with Crippen LogP contribution >= 0.6 is 0 Å². The van der Waals surface area contributed by atoms with Gasteiger partial charge in [0.2, 0.25) is 0 Å². The first-order chi connectivity index (χ1) is 9.63. The molecule has 2 aliphatic rings. The standard InChI is InChI=1S/C16H19FO3/c17-11-6-7-15(20-12-2-1-3-12)14(8-11)13(9-16(18)19)10-4-5-10/h6-8,10,12-13H,1-5,9H2,(H,18,19). The Labute approximate surface area is 117 Å². The molecule has 2 fully saturated rings. The van der Waals surface area contributed by atoms with Crippen molar-refractivity contribution < 1.29 is 19.0 Å². The summed E-state index contributed by atoms with van der Waals surface area (Å²) in [6.07, 6.45) is 5.55. The van der Waals surface area contributed by atoms with Crippen LogP contribution in [0.25, 0.3) is 0 Å². The predicted molar refractivity (Wildman–Crippen MR) is 72.4 cm³/mol. The van der Waals surface area contributed by atoms with E-state index >= 15 is 0 Å². The van der Waals surface area contributed by atoms with Gasteiger partial charge in [-0.05, 0) is 56.2 Å². The molecular formula is C16H19FO3. The molecule has 0 radical (unpaired) electrons. The Balaban J connectivity index is 1.87. The van der Waals surface area contributed by atoms with E-state index in [0.29, 0.717) is 11.7 Å². The highest BCUT2D eigenvalue weighted by atomic mass is 19.1. The van der Waals surface area contributed by atoms with Crippen LogP contribution in [0, 0.1) is 11.7 Å². The van der Waals surface area contributed by atoms with Crippen molar-refractivity contribution in [1.82, 2.24) is 0 Å². The third kappa shape index (κ3) is 2.94. The number of rotatable bonds is 6. The van der Waals surface area contributed by atoms with E-state index in [1.165, 1.54) is 18.6 Å². The maximum Gasteiger partial charge on any atom is 0.303 e. The lowest BCUT2D eigenvalue weighted by Gasteiger charge is -2.29. The number of benzene rings is 1. The molecule has 0 bridgehead atoms. The van der Waals surface area contributed by atoms with E-state index in [1.807, 2.05) is 0 Å². The molecule has 2 aliphatic carbocycles. The quantitative estimate of drug-likeness (QED) is 0.862. The third-order valence-electron chi connectivity index (χ3n) is 4.30. The SMILES string of the molecule is O=C(O)CC(c1cc(F)ccc1OC1CCC1)C1CC1. The molecule has 0 amide bonds. The molecule has 20 heavy (non-hydrogen) atoms. The van der Waals surface area contributed by atoms with Crippen molar-refractivity contribution >= 4 is 5.97 Å². The van der Waals surface area contributed by atoms with Gasteiger partial charge in [-0.2, -0.15) is 0 Å². The van der Waals surface area contributed by atoms with Crippen molar-refractivity contribution in [2.75, 3.05) is 0 Å². The van der Waals surface area contributed by atoms with Crippen molar-refractivity contribution in [3.05, 3.63) is 29.6 Å². The van der Waals surface area contributed by atoms with Crippen LogP contribution in [0.3, 0.4) is 0 Å². The van der Waals surface area contributed by atoms with E-state index in [2.05, 4.69) is 0 Å². The summed E-state index contributed by atoms with van der Waals surface area (Å²) in [6.45, 7) is 0. The second-order valence-electron chi connectivity index (χ2n) is 5.89. The van der Waals surface area contributed by atoms with Crippen LogP contribution in [0.4, 0.5) is 4.39 Å². The molecule has 3 nitrogen and oxygen atoms in total. The average Bonchev–Trinajstić information content (AvgIpc) is 3.16. The first kappa shape index (κ1) is 13.4. The Morgan fingerprint density at radius 1 is 1.35 bits per heavy atom. The van der Waals surface area contributed by atoms with Crippen LogP contribution in [-0.4, -0.2) is 17.2 Å². The van der Waals surface area contributed by atoms with Crippen LogP contribution in [0.1, 0.15) is 50.0 Å². The molecule has 0 spiro atoms. The van der Waals surface area contributed by atoms with Gasteiger partial charge in [0.05, 0.1) is 12.5 Å². The summed E-state index contributed by atoms with van der Waals surface area (Å²) in [5, 5.41) is 9.09. The zero-order valence-corrected chi connectivity index (χ0v) is 11.3. The lowest BCUT2D eigenvalue weighted by Crippen LogP contribution is -2.25. The number of ether oxygens (including phenoxy) is 1. The van der Waals surface area contributed by atoms with E-state index in [1.54, 1.807) is 6.07 Å². The normalized spacial score (nSPS) is 20.2. The monoisotopic (exact) mass is 278 g/mol. The predicted octanol–water partition coefficient (Wildman–Crippen LogP) is 3.73. The number of hydrogen-bond acceptors (Lipinski definition) is 2. The number of halogens is 1. The highest BCUT2D eigenvalue weighted by Gasteiger charge is 2.36. The summed E-state index contributed by atoms with van der Waals surface area (Å²) in [5.41, 5.74) is 0.738. The van der Waals surface area contributed by atoms with Gasteiger partial charge in [0, 0.05) is 11.5 Å². The molecule has 1 unspecified atom stereocenters. The van der Waals surface area contributed by atoms with Crippen LogP contribution in [-0.2, 0) is 4.79 Å². The molecule has 1 aromatic rings. The zero-order chi connectivity index (χ0) is 14.1. The summed E-state index contributed by atoms with van der Waals surface area (Å²) >= 11 is 0. The van der Waals surface area contributed by atoms with E-state index in [4.69, 9.17) is 9.84 Å². The Morgan fingerprint density at radius 2 is 2.10 bits per heavy atom. The molecule has 0 heterocycles. The van der Waals surface area contributed by atoms with E-state index < -0.39 is 5.97 Å². The number of hydrogen-bond donors (Lipinski definition) is 1. The van der Waals surface area contributed by atoms with Crippen molar-refractivity contribution in [2.24, 2.45) is 5.92 Å². The second-order valence-corrected chi connectivity index (χ2v) is 5.89. The van der Waals surface area contributed by atoms with Gasteiger partial charge in [0.25, 0.3) is 0 Å². The summed E-state index contributed by atoms with van der Waals surface area (Å²) in [7, 11) is 0. The van der Waals surface area contributed by atoms with Crippen LogP contribution in [0.2, 0.25) is 0 Å². The van der Waals surface area contributed by atoms with Crippen molar-refractivity contribution in [1.29, 1.82) is 0 Å². The highest BCUT2D eigenvalue weighted by molar-refractivity contribution is 5.68. The molecular weight excluding hydrogens is 259 g/mol. The van der Waals surface area contributed by atoms with Crippen molar-refractivity contribution in [3.8, 4) is 5.75 Å². The van der Waals surface area contributed by atoms with Crippen molar-refractivity contribution in [2.45, 2.75) is 50.5 Å². The number of carbonyl (C=O) groups is 1. The lowest BCUT2D eigenvalue weighted by molar-refractivity contribution is -0.137. The molecule has 1 aromatic carbocycles. The fraction of sp³-hybridized carbons (Fsp3) is 0.562. The molecule has 108 valence electrons. The van der Waals surface area contributed by atoms with Gasteiger partial charge in [-0.15, -0.1) is 0 Å². The van der Waals surface area contributed by atoms with Crippen LogP contribution in [0.15, 0.2) is 18.2 Å². The van der Waals surface area contributed by atoms with Gasteiger partial charge < -0.3 is 9.84 Å². The smallest absolute Gasteiger partial charge is 0.303 e. The van der Waals surface area contributed by atoms with Gasteiger partial charge in [-0.25, -0.2) is 4.39 Å². The van der Waals surface area contributed by atoms with Gasteiger partial charge >= 0.3 is 5.97 Å². The average molecular weight is 278 g/mol. The highest BCUT2D eigenvalue weighted by Crippen LogP contribution is 2.47. The number of aliphatic carboxylic acids is 1. The van der Waals surface area contributed by atoms with Crippen LogP contribution in [0.5, 0.6) is 5.75 Å². The second kappa shape index (κ2) is 5.43. The summed E-state index contributed by atoms with van der Waals surface area (Å²) in [4.78, 5) is 11.1. The summed E-state index contributed by atoms with van der Waals surface area (Å²) in [5.74, 6) is -0.248. The molecule has 4 heteroatoms. The molecule has 3 rings (SSSR count). The Bertz CT molecular complexity index is 506. The summed E-state index contributed by atoms with van der Waals surface area (Å²) < 4.78 is 19.5. The zero-order valence-electron chi connectivity index (χ0n) is 11.3. The molecule has 0 aliphatic heterocycles. The Hall–Kier alpha value is -1.58. The minimum absolute atomic E-state index is 0.0507. The number of carboxylic acids is 1. The van der Waals surface area contributed by atoms with Crippen molar-refractivity contribution in [3.63, 3.8) is 0 Å². The van der Waals surface area contributed by atoms with E-state index in [9.17, 15) is 9.18 Å². The van der Waals surface area contributed by atoms with E-state index in [0.717, 1.165) is 31.2 Å². The van der Waals surface area contributed by atoms with Gasteiger partial charge in [-0.3, -0.25) is 4.79 Å². The van der Waals surface area contributed by atoms with Crippen LogP contribution < -0.4 is 4.74 Å². The Kier molecular flexibility index (Phi) is 3.64. The maximum atomic E-state index is 13.6. The van der Waals surface area contributed by atoms with Gasteiger partial charge in [0.1, 0.15) is 11.6 Å². The fourth-order valence-electron chi connectivity index (χ4n) is 2.80. The minimum atomic E-state index is -0.833. The first-order valence-corrected chi connectivity index (χ1v) is 7.31. The molecule has 2 saturated carbocycles. The fourth-order valence-corrected chi connectivity index (χ4v) is 2.80. The van der Waals surface area contributed by atoms with Gasteiger partial charge in [0.15, 0.2) is 0 Å². The van der Waals surface area contributed by atoms with Gasteiger partial charge in [-0.1, -0.05) is 0 Å². The molecule has 1 atom stereocenters. The largest absolute Gasteiger partial charge is 0.490 e. The third-order valence-corrected chi connectivity index (χ3v) is 4.30. The molecule has 1 N–H and O–H groups in total. The molecule has 0 aromatic heterocycles. The van der Waals surface area contributed by atoms with E-state index in [-0.39, 0.29) is 24.3 Å². The lowest BCUT2D eigenvalue weighted by atomic mass is 9.89.